The number of aryl methyl sites for hydroxylation is 2. The summed E-state index contributed by atoms with van der Waals surface area (Å²) in [4.78, 5) is 4.51. The fraction of sp³-hybridized carbons (Fsp3) is 0.235. The molecule has 0 aliphatic rings. The molecule has 0 spiro atoms. The predicted octanol–water partition coefficient (Wildman–Crippen LogP) is 4.65. The van der Waals surface area contributed by atoms with Crippen LogP contribution in [0.3, 0.4) is 0 Å². The molecule has 1 aromatic heterocycles. The molecule has 1 heterocycles. The molecule has 2 rings (SSSR count). The number of rotatable bonds is 3. The van der Waals surface area contributed by atoms with Gasteiger partial charge in [-0.15, -0.1) is 0 Å². The van der Waals surface area contributed by atoms with E-state index in [1.807, 2.05) is 25.3 Å². The highest BCUT2D eigenvalue weighted by atomic mass is 14.7. The van der Waals surface area contributed by atoms with Gasteiger partial charge in [-0.05, 0) is 49.1 Å². The fourth-order valence-corrected chi connectivity index (χ4v) is 2.05. The van der Waals surface area contributed by atoms with E-state index in [4.69, 9.17) is 0 Å². The maximum atomic E-state index is 4.51. The highest BCUT2D eigenvalue weighted by Crippen LogP contribution is 2.22. The Kier molecular flexibility index (Phi) is 3.93. The third-order valence-corrected chi connectivity index (χ3v) is 3.11. The van der Waals surface area contributed by atoms with Crippen molar-refractivity contribution >= 4 is 6.08 Å². The molecule has 0 aliphatic carbocycles. The van der Waals surface area contributed by atoms with Crippen LogP contribution < -0.4 is 0 Å². The summed E-state index contributed by atoms with van der Waals surface area (Å²) in [6.45, 7) is 6.30. The first-order chi connectivity index (χ1) is 8.74. The number of aromatic nitrogens is 1. The predicted molar refractivity (Wildman–Crippen MR) is 78.5 cm³/mol. The Morgan fingerprint density at radius 1 is 1.17 bits per heavy atom. The monoisotopic (exact) mass is 237 g/mol. The van der Waals surface area contributed by atoms with E-state index < -0.39 is 0 Å². The van der Waals surface area contributed by atoms with Crippen LogP contribution >= 0.6 is 0 Å². The molecule has 18 heavy (non-hydrogen) atoms. The van der Waals surface area contributed by atoms with E-state index >= 15 is 0 Å². The van der Waals surface area contributed by atoms with Crippen LogP contribution in [-0.2, 0) is 6.42 Å². The summed E-state index contributed by atoms with van der Waals surface area (Å²) >= 11 is 0. The van der Waals surface area contributed by atoms with Crippen molar-refractivity contribution in [3.63, 3.8) is 0 Å². The second-order valence-electron chi connectivity index (χ2n) is 4.48. The van der Waals surface area contributed by atoms with E-state index in [0.29, 0.717) is 0 Å². The third kappa shape index (κ3) is 2.67. The van der Waals surface area contributed by atoms with Crippen molar-refractivity contribution in [2.75, 3.05) is 0 Å². The smallest absolute Gasteiger partial charge is 0.0655 e. The van der Waals surface area contributed by atoms with E-state index in [2.05, 4.69) is 49.2 Å². The molecule has 1 aromatic carbocycles. The molecule has 0 saturated carbocycles. The highest BCUT2D eigenvalue weighted by molar-refractivity contribution is 5.66. The fourth-order valence-electron chi connectivity index (χ4n) is 2.05. The Labute approximate surface area is 109 Å². The molecule has 0 saturated heterocycles. The van der Waals surface area contributed by atoms with Crippen LogP contribution in [0.4, 0.5) is 0 Å². The van der Waals surface area contributed by atoms with Gasteiger partial charge in [-0.2, -0.15) is 0 Å². The number of benzene rings is 1. The summed E-state index contributed by atoms with van der Waals surface area (Å²) in [6.07, 6.45) is 7.09. The number of allylic oxidation sites excluding steroid dienone is 1. The first-order valence-electron chi connectivity index (χ1n) is 6.43. The van der Waals surface area contributed by atoms with Gasteiger partial charge >= 0.3 is 0 Å². The van der Waals surface area contributed by atoms with E-state index in [1.54, 1.807) is 0 Å². The minimum atomic E-state index is 1.05. The molecular formula is C17H19N. The van der Waals surface area contributed by atoms with Gasteiger partial charge in [0.05, 0.1) is 5.69 Å². The quantitative estimate of drug-likeness (QED) is 0.757. The normalized spacial score (nSPS) is 11.1. The minimum absolute atomic E-state index is 1.05. The zero-order chi connectivity index (χ0) is 13.0. The Morgan fingerprint density at radius 3 is 2.67 bits per heavy atom. The third-order valence-electron chi connectivity index (χ3n) is 3.11. The summed E-state index contributed by atoms with van der Waals surface area (Å²) in [5.74, 6) is 0. The van der Waals surface area contributed by atoms with Crippen LogP contribution in [0, 0.1) is 6.92 Å². The number of pyridine rings is 1. The summed E-state index contributed by atoms with van der Waals surface area (Å²) in [5.41, 5.74) is 6.07. The van der Waals surface area contributed by atoms with Gasteiger partial charge in [0, 0.05) is 11.8 Å². The van der Waals surface area contributed by atoms with Gasteiger partial charge in [-0.3, -0.25) is 4.98 Å². The van der Waals surface area contributed by atoms with Crippen molar-refractivity contribution in [3.05, 3.63) is 59.4 Å². The molecule has 0 fully saturated rings. The molecule has 0 N–H and O–H groups in total. The van der Waals surface area contributed by atoms with Crippen LogP contribution in [0.25, 0.3) is 17.2 Å². The first-order valence-corrected chi connectivity index (χ1v) is 6.43. The zero-order valence-corrected chi connectivity index (χ0v) is 11.3. The average Bonchev–Trinajstić information content (AvgIpc) is 2.41. The van der Waals surface area contributed by atoms with E-state index in [-0.39, 0.29) is 0 Å². The number of hydrogen-bond acceptors (Lipinski definition) is 1. The Balaban J connectivity index is 2.42. The number of nitrogens with zero attached hydrogens (tertiary/aromatic N) is 1. The Hall–Kier alpha value is -1.89. The van der Waals surface area contributed by atoms with Crippen molar-refractivity contribution in [2.45, 2.75) is 27.2 Å². The van der Waals surface area contributed by atoms with Gasteiger partial charge in [-0.1, -0.05) is 37.3 Å². The molecule has 0 radical (unpaired) electrons. The Morgan fingerprint density at radius 2 is 2.00 bits per heavy atom. The second-order valence-corrected chi connectivity index (χ2v) is 4.48. The van der Waals surface area contributed by atoms with Crippen LogP contribution in [0.5, 0.6) is 0 Å². The SMILES string of the molecule is C/C=C\c1ncc(-c2cccc(CC)c2)cc1C. The molecule has 0 bridgehead atoms. The molecule has 0 amide bonds. The van der Waals surface area contributed by atoms with E-state index in [1.165, 1.54) is 22.3 Å². The highest BCUT2D eigenvalue weighted by Gasteiger charge is 2.02. The maximum Gasteiger partial charge on any atom is 0.0655 e. The van der Waals surface area contributed by atoms with Gasteiger partial charge in [0.2, 0.25) is 0 Å². The lowest BCUT2D eigenvalue weighted by atomic mass is 10.0. The molecule has 92 valence electrons. The lowest BCUT2D eigenvalue weighted by Crippen LogP contribution is -1.89. The molecule has 0 atom stereocenters. The lowest BCUT2D eigenvalue weighted by Gasteiger charge is -2.06. The topological polar surface area (TPSA) is 12.9 Å². The minimum Gasteiger partial charge on any atom is -0.256 e. The largest absolute Gasteiger partial charge is 0.256 e. The molecule has 0 aliphatic heterocycles. The van der Waals surface area contributed by atoms with E-state index in [9.17, 15) is 0 Å². The summed E-state index contributed by atoms with van der Waals surface area (Å²) in [6, 6.07) is 10.9. The summed E-state index contributed by atoms with van der Waals surface area (Å²) in [5, 5.41) is 0. The molecular weight excluding hydrogens is 218 g/mol. The zero-order valence-electron chi connectivity index (χ0n) is 11.3. The van der Waals surface area contributed by atoms with Crippen molar-refractivity contribution in [1.82, 2.24) is 4.98 Å². The van der Waals surface area contributed by atoms with Crippen molar-refractivity contribution in [1.29, 1.82) is 0 Å². The van der Waals surface area contributed by atoms with E-state index in [0.717, 1.165) is 12.1 Å². The van der Waals surface area contributed by atoms with Crippen molar-refractivity contribution in [2.24, 2.45) is 0 Å². The standard InChI is InChI=1S/C17H19N/c1-4-7-17-13(3)10-16(12-18-17)15-9-6-8-14(5-2)11-15/h4,6-12H,5H2,1-3H3/b7-4-. The molecule has 1 heteroatoms. The van der Waals surface area contributed by atoms with Crippen LogP contribution in [0.15, 0.2) is 42.6 Å². The molecule has 0 unspecified atom stereocenters. The van der Waals surface area contributed by atoms with Crippen LogP contribution in [-0.4, -0.2) is 4.98 Å². The second kappa shape index (κ2) is 5.63. The van der Waals surface area contributed by atoms with Gasteiger partial charge in [0.25, 0.3) is 0 Å². The maximum absolute atomic E-state index is 4.51. The van der Waals surface area contributed by atoms with Gasteiger partial charge < -0.3 is 0 Å². The molecule has 2 aromatic rings. The molecule has 1 nitrogen and oxygen atoms in total. The van der Waals surface area contributed by atoms with Crippen LogP contribution in [0.1, 0.15) is 30.7 Å². The van der Waals surface area contributed by atoms with Crippen LogP contribution in [0.2, 0.25) is 0 Å². The number of hydrogen-bond donors (Lipinski definition) is 0. The Bertz CT molecular complexity index is 568. The summed E-state index contributed by atoms with van der Waals surface area (Å²) < 4.78 is 0. The lowest BCUT2D eigenvalue weighted by molar-refractivity contribution is 1.14. The van der Waals surface area contributed by atoms with Crippen molar-refractivity contribution < 1.29 is 0 Å². The average molecular weight is 237 g/mol. The summed E-state index contributed by atoms with van der Waals surface area (Å²) in [7, 11) is 0. The van der Waals surface area contributed by atoms with Crippen molar-refractivity contribution in [3.8, 4) is 11.1 Å². The van der Waals surface area contributed by atoms with Gasteiger partial charge in [0.1, 0.15) is 0 Å². The van der Waals surface area contributed by atoms with Gasteiger partial charge in [-0.25, -0.2) is 0 Å². The first kappa shape index (κ1) is 12.6. The van der Waals surface area contributed by atoms with Gasteiger partial charge in [0.15, 0.2) is 0 Å².